The second-order valence-corrected chi connectivity index (χ2v) is 9.10. The van der Waals surface area contributed by atoms with Crippen LogP contribution >= 0.6 is 11.3 Å². The molecule has 33 heavy (non-hydrogen) atoms. The monoisotopic (exact) mass is 457 g/mol. The maximum absolute atomic E-state index is 13.6. The number of aryl methyl sites for hydroxylation is 2. The topological polar surface area (TPSA) is 77.0 Å². The molecule has 0 spiro atoms. The van der Waals surface area contributed by atoms with Gasteiger partial charge in [-0.2, -0.15) is 0 Å². The first-order valence-corrected chi connectivity index (χ1v) is 11.6. The van der Waals surface area contributed by atoms with Gasteiger partial charge in [-0.15, -0.1) is 11.3 Å². The van der Waals surface area contributed by atoms with Crippen molar-refractivity contribution >= 4 is 38.2 Å². The third kappa shape index (κ3) is 3.64. The predicted octanol–water partition coefficient (Wildman–Crippen LogP) is 5.50. The predicted molar refractivity (Wildman–Crippen MR) is 133 cm³/mol. The van der Waals surface area contributed by atoms with Crippen molar-refractivity contribution in [2.45, 2.75) is 27.3 Å². The van der Waals surface area contributed by atoms with Crippen molar-refractivity contribution < 1.29 is 9.53 Å². The average molecular weight is 458 g/mol. The number of nitrogens with zero attached hydrogens (tertiary/aromatic N) is 2. The van der Waals surface area contributed by atoms with Crippen LogP contribution in [-0.4, -0.2) is 26.9 Å². The molecule has 0 aliphatic carbocycles. The van der Waals surface area contributed by atoms with E-state index in [1.165, 1.54) is 15.9 Å². The fourth-order valence-electron chi connectivity index (χ4n) is 4.25. The number of rotatable bonds is 6. The Labute approximate surface area is 194 Å². The highest BCUT2D eigenvalue weighted by molar-refractivity contribution is 7.19. The van der Waals surface area contributed by atoms with Crippen molar-refractivity contribution in [1.29, 1.82) is 0 Å². The number of benzene rings is 2. The molecule has 0 saturated heterocycles. The summed E-state index contributed by atoms with van der Waals surface area (Å²) in [6.45, 7) is 6.24. The van der Waals surface area contributed by atoms with E-state index in [1.54, 1.807) is 13.1 Å². The summed E-state index contributed by atoms with van der Waals surface area (Å²) in [6.07, 6.45) is 1.71. The molecule has 6 nitrogen and oxygen atoms in total. The molecule has 0 saturated carbocycles. The summed E-state index contributed by atoms with van der Waals surface area (Å²) >= 11 is 1.50. The number of nitrogens with one attached hydrogen (secondary N) is 1. The fraction of sp³-hybridized carbons (Fsp3) is 0.192. The lowest BCUT2D eigenvalue weighted by Gasteiger charge is -2.10. The van der Waals surface area contributed by atoms with E-state index >= 15 is 0 Å². The van der Waals surface area contributed by atoms with Gasteiger partial charge < -0.3 is 9.72 Å². The van der Waals surface area contributed by atoms with Crippen LogP contribution in [-0.2, 0) is 6.54 Å². The van der Waals surface area contributed by atoms with Gasteiger partial charge >= 0.3 is 0 Å². The zero-order valence-electron chi connectivity index (χ0n) is 18.6. The first kappa shape index (κ1) is 21.2. The number of para-hydroxylation sites is 1. The van der Waals surface area contributed by atoms with Gasteiger partial charge in [0.1, 0.15) is 16.4 Å². The number of hydrogen-bond acceptors (Lipinski definition) is 5. The van der Waals surface area contributed by atoms with E-state index < -0.39 is 0 Å². The molecule has 3 heterocycles. The van der Waals surface area contributed by atoms with E-state index in [4.69, 9.17) is 4.74 Å². The minimum atomic E-state index is -0.195. The summed E-state index contributed by atoms with van der Waals surface area (Å²) in [5.74, 6) is 1.18. The van der Waals surface area contributed by atoms with Crippen LogP contribution in [0.25, 0.3) is 32.2 Å². The van der Waals surface area contributed by atoms with Crippen LogP contribution in [0.4, 0.5) is 0 Å². The number of carbonyl (C=O) groups excluding carboxylic acids is 1. The smallest absolute Gasteiger partial charge is 0.263 e. The minimum Gasteiger partial charge on any atom is -0.494 e. The van der Waals surface area contributed by atoms with Crippen molar-refractivity contribution in [1.82, 2.24) is 14.5 Å². The highest BCUT2D eigenvalue weighted by atomic mass is 32.1. The Balaban J connectivity index is 1.60. The lowest BCUT2D eigenvalue weighted by molar-refractivity contribution is 0.0971. The highest BCUT2D eigenvalue weighted by Crippen LogP contribution is 2.36. The molecule has 0 radical (unpaired) electrons. The first-order valence-electron chi connectivity index (χ1n) is 10.8. The lowest BCUT2D eigenvalue weighted by atomic mass is 10.0. The Morgan fingerprint density at radius 3 is 2.64 bits per heavy atom. The molecule has 0 unspecified atom stereocenters. The maximum atomic E-state index is 13.6. The summed E-state index contributed by atoms with van der Waals surface area (Å²) in [5.41, 5.74) is 3.07. The number of carbonyl (C=O) groups is 1. The van der Waals surface area contributed by atoms with Crippen LogP contribution in [0.15, 0.2) is 59.5 Å². The van der Waals surface area contributed by atoms with E-state index in [9.17, 15) is 9.59 Å². The third-order valence-corrected chi connectivity index (χ3v) is 6.82. The second-order valence-electron chi connectivity index (χ2n) is 7.89. The molecule has 0 fully saturated rings. The Morgan fingerprint density at radius 1 is 1.12 bits per heavy atom. The lowest BCUT2D eigenvalue weighted by Crippen LogP contribution is -2.27. The van der Waals surface area contributed by atoms with Gasteiger partial charge in [-0.05, 0) is 44.5 Å². The molecule has 0 aliphatic rings. The van der Waals surface area contributed by atoms with Gasteiger partial charge in [0, 0.05) is 33.1 Å². The van der Waals surface area contributed by atoms with Crippen LogP contribution < -0.4 is 10.3 Å². The molecule has 2 aromatic carbocycles. The maximum Gasteiger partial charge on any atom is 0.263 e. The number of ether oxygens (including phenoxy) is 1. The van der Waals surface area contributed by atoms with E-state index in [1.807, 2.05) is 62.4 Å². The van der Waals surface area contributed by atoms with Crippen molar-refractivity contribution in [3.05, 3.63) is 81.3 Å². The summed E-state index contributed by atoms with van der Waals surface area (Å²) in [7, 11) is 0. The molecular formula is C26H23N3O3S. The van der Waals surface area contributed by atoms with Gasteiger partial charge in [0.25, 0.3) is 5.56 Å². The Kier molecular flexibility index (Phi) is 5.34. The number of fused-ring (bicyclic) bond motifs is 2. The third-order valence-electron chi connectivity index (χ3n) is 5.82. The molecule has 0 atom stereocenters. The zero-order chi connectivity index (χ0) is 23.1. The van der Waals surface area contributed by atoms with Crippen molar-refractivity contribution in [3.63, 3.8) is 0 Å². The average Bonchev–Trinajstić information content (AvgIpc) is 3.38. The van der Waals surface area contributed by atoms with E-state index in [-0.39, 0.29) is 17.9 Å². The molecular weight excluding hydrogens is 434 g/mol. The summed E-state index contributed by atoms with van der Waals surface area (Å²) in [4.78, 5) is 36.3. The SMILES string of the molecule is CCOc1ccc(-c2c(C)sc3nc(C)n(CC(=O)c4c[nH]c5ccccc45)c(=O)c23)cc1. The van der Waals surface area contributed by atoms with Gasteiger partial charge in [-0.3, -0.25) is 14.2 Å². The molecule has 3 aromatic heterocycles. The van der Waals surface area contributed by atoms with Crippen LogP contribution in [0.1, 0.15) is 28.0 Å². The van der Waals surface area contributed by atoms with Gasteiger partial charge in [-0.25, -0.2) is 4.98 Å². The normalized spacial score (nSPS) is 11.4. The van der Waals surface area contributed by atoms with Crippen molar-refractivity contribution in [3.8, 4) is 16.9 Å². The quantitative estimate of drug-likeness (QED) is 0.341. The second kappa shape index (κ2) is 8.33. The number of aromatic nitrogens is 3. The largest absolute Gasteiger partial charge is 0.494 e. The molecule has 5 aromatic rings. The summed E-state index contributed by atoms with van der Waals surface area (Å²) in [6, 6.07) is 15.4. The van der Waals surface area contributed by atoms with Gasteiger partial charge in [0.05, 0.1) is 18.5 Å². The Bertz CT molecular complexity index is 1560. The highest BCUT2D eigenvalue weighted by Gasteiger charge is 2.21. The summed E-state index contributed by atoms with van der Waals surface area (Å²) in [5, 5.41) is 1.41. The van der Waals surface area contributed by atoms with E-state index in [2.05, 4.69) is 9.97 Å². The van der Waals surface area contributed by atoms with Crippen LogP contribution in [0.5, 0.6) is 5.75 Å². The van der Waals surface area contributed by atoms with Crippen LogP contribution in [0.2, 0.25) is 0 Å². The number of Topliss-reactive ketones (excluding diaryl/α,β-unsaturated/α-hetero) is 1. The fourth-order valence-corrected chi connectivity index (χ4v) is 5.33. The first-order chi connectivity index (χ1) is 16.0. The number of H-pyrrole nitrogens is 1. The molecule has 0 amide bonds. The summed E-state index contributed by atoms with van der Waals surface area (Å²) < 4.78 is 7.03. The minimum absolute atomic E-state index is 0.0624. The molecule has 7 heteroatoms. The van der Waals surface area contributed by atoms with Gasteiger partial charge in [-0.1, -0.05) is 30.3 Å². The molecule has 0 bridgehead atoms. The Hall–Kier alpha value is -3.71. The van der Waals surface area contributed by atoms with Gasteiger partial charge in [0.2, 0.25) is 0 Å². The van der Waals surface area contributed by atoms with Crippen LogP contribution in [0, 0.1) is 13.8 Å². The molecule has 166 valence electrons. The molecule has 1 N–H and O–H groups in total. The number of hydrogen-bond donors (Lipinski definition) is 1. The van der Waals surface area contributed by atoms with Gasteiger partial charge in [0.15, 0.2) is 5.78 Å². The number of ketones is 1. The Morgan fingerprint density at radius 2 is 1.88 bits per heavy atom. The van der Waals surface area contributed by atoms with Crippen LogP contribution in [0.3, 0.4) is 0 Å². The molecule has 5 rings (SSSR count). The van der Waals surface area contributed by atoms with Crippen molar-refractivity contribution in [2.24, 2.45) is 0 Å². The van der Waals surface area contributed by atoms with E-state index in [0.29, 0.717) is 28.2 Å². The standard InChI is InChI=1S/C26H23N3O3S/c1-4-32-18-11-9-17(10-12-18)23-15(2)33-25-24(23)26(31)29(16(3)28-25)14-22(30)20-13-27-21-8-6-5-7-19(20)21/h5-13,27H,4,14H2,1-3H3. The van der Waals surface area contributed by atoms with E-state index in [0.717, 1.165) is 32.7 Å². The number of aromatic amines is 1. The molecule has 0 aliphatic heterocycles. The number of thiophene rings is 1. The zero-order valence-corrected chi connectivity index (χ0v) is 19.5. The van der Waals surface area contributed by atoms with Crippen molar-refractivity contribution in [2.75, 3.05) is 6.61 Å².